The topological polar surface area (TPSA) is 103 Å². The van der Waals surface area contributed by atoms with Crippen molar-refractivity contribution in [2.24, 2.45) is 0 Å². The minimum absolute atomic E-state index is 0.148. The zero-order chi connectivity index (χ0) is 17.4. The Kier molecular flexibility index (Phi) is 3.85. The number of hydrogen-bond donors (Lipinski definition) is 1. The molecule has 1 aliphatic heterocycles. The molecule has 0 amide bonds. The van der Waals surface area contributed by atoms with Crippen LogP contribution in [-0.2, 0) is 4.74 Å². The molecule has 0 saturated carbocycles. The first-order chi connectivity index (χ1) is 12.1. The van der Waals surface area contributed by atoms with E-state index in [1.165, 1.54) is 6.20 Å². The lowest BCUT2D eigenvalue weighted by Gasteiger charge is -2.28. The van der Waals surface area contributed by atoms with E-state index in [2.05, 4.69) is 29.8 Å². The fraction of sp³-hybridized carbons (Fsp3) is 0.312. The van der Waals surface area contributed by atoms with Gasteiger partial charge in [0.05, 0.1) is 25.1 Å². The zero-order valence-corrected chi connectivity index (χ0v) is 13.6. The molecule has 0 aromatic carbocycles. The van der Waals surface area contributed by atoms with E-state index < -0.39 is 5.95 Å². The van der Waals surface area contributed by atoms with E-state index in [1.807, 2.05) is 0 Å². The van der Waals surface area contributed by atoms with E-state index in [9.17, 15) is 4.39 Å². The Morgan fingerprint density at radius 2 is 1.92 bits per heavy atom. The van der Waals surface area contributed by atoms with Crippen LogP contribution >= 0.6 is 0 Å². The molecule has 1 saturated heterocycles. The van der Waals surface area contributed by atoms with Crippen molar-refractivity contribution in [1.82, 2.24) is 24.9 Å². The first-order valence-corrected chi connectivity index (χ1v) is 7.87. The Bertz CT molecular complexity index is 943. The van der Waals surface area contributed by atoms with Gasteiger partial charge in [-0.05, 0) is 13.0 Å². The van der Waals surface area contributed by atoms with Crippen LogP contribution in [0.5, 0.6) is 0 Å². The van der Waals surface area contributed by atoms with Gasteiger partial charge >= 0.3 is 0 Å². The lowest BCUT2D eigenvalue weighted by atomic mass is 10.1. The third-order valence-corrected chi connectivity index (χ3v) is 4.03. The maximum Gasteiger partial charge on any atom is 0.224 e. The molecule has 2 N–H and O–H groups in total. The molecule has 1 fully saturated rings. The standard InChI is InChI=1S/C16H16FN7O/c1-9-6-10(7-19-13(9)17)11-8-20-14-12(21-11)15(23-16(18)22-14)24-2-4-25-5-3-24/h6-8H,2-5H2,1H3,(H2,18,20,22,23). The number of rotatable bonds is 2. The van der Waals surface area contributed by atoms with Crippen molar-refractivity contribution in [3.05, 3.63) is 30.0 Å². The molecule has 3 aromatic heterocycles. The summed E-state index contributed by atoms with van der Waals surface area (Å²) in [6.45, 7) is 4.26. The average Bonchev–Trinajstić information content (AvgIpc) is 2.63. The van der Waals surface area contributed by atoms with E-state index in [4.69, 9.17) is 10.5 Å². The normalized spacial score (nSPS) is 14.9. The Hall–Kier alpha value is -2.94. The van der Waals surface area contributed by atoms with Crippen molar-refractivity contribution in [1.29, 1.82) is 0 Å². The Labute approximate surface area is 142 Å². The molecule has 0 spiro atoms. The minimum Gasteiger partial charge on any atom is -0.378 e. The van der Waals surface area contributed by atoms with Crippen LogP contribution < -0.4 is 10.6 Å². The second-order valence-electron chi connectivity index (χ2n) is 5.76. The number of aromatic nitrogens is 5. The maximum absolute atomic E-state index is 13.4. The first-order valence-electron chi connectivity index (χ1n) is 7.87. The molecule has 0 atom stereocenters. The van der Waals surface area contributed by atoms with Gasteiger partial charge in [0, 0.05) is 30.4 Å². The molecular weight excluding hydrogens is 325 g/mol. The number of halogens is 1. The Morgan fingerprint density at radius 1 is 1.12 bits per heavy atom. The van der Waals surface area contributed by atoms with E-state index in [0.29, 0.717) is 60.1 Å². The van der Waals surface area contributed by atoms with Crippen LogP contribution in [0.1, 0.15) is 5.56 Å². The molecule has 25 heavy (non-hydrogen) atoms. The predicted octanol–water partition coefficient (Wildman–Crippen LogP) is 1.35. The molecule has 0 unspecified atom stereocenters. The molecule has 4 rings (SSSR count). The Balaban J connectivity index is 1.85. The highest BCUT2D eigenvalue weighted by Gasteiger charge is 2.19. The predicted molar refractivity (Wildman–Crippen MR) is 90.5 cm³/mol. The van der Waals surface area contributed by atoms with Gasteiger partial charge in [-0.1, -0.05) is 0 Å². The van der Waals surface area contributed by atoms with Crippen LogP contribution in [0.25, 0.3) is 22.4 Å². The third kappa shape index (κ3) is 2.93. The van der Waals surface area contributed by atoms with Gasteiger partial charge in [0.25, 0.3) is 0 Å². The number of nitrogen functional groups attached to an aromatic ring is 1. The Morgan fingerprint density at radius 3 is 2.68 bits per heavy atom. The number of fused-ring (bicyclic) bond motifs is 1. The number of nitrogens with zero attached hydrogens (tertiary/aromatic N) is 6. The molecule has 1 aliphatic rings. The molecule has 0 aliphatic carbocycles. The largest absolute Gasteiger partial charge is 0.378 e. The van der Waals surface area contributed by atoms with Crippen molar-refractivity contribution >= 4 is 22.9 Å². The lowest BCUT2D eigenvalue weighted by Crippen LogP contribution is -2.37. The molecule has 8 nitrogen and oxygen atoms in total. The fourth-order valence-electron chi connectivity index (χ4n) is 2.74. The first kappa shape index (κ1) is 15.6. The second-order valence-corrected chi connectivity index (χ2v) is 5.76. The van der Waals surface area contributed by atoms with E-state index in [1.54, 1.807) is 19.2 Å². The van der Waals surface area contributed by atoms with E-state index in [0.717, 1.165) is 0 Å². The zero-order valence-electron chi connectivity index (χ0n) is 13.6. The highest BCUT2D eigenvalue weighted by Crippen LogP contribution is 2.26. The summed E-state index contributed by atoms with van der Waals surface area (Å²) in [5.74, 6) is 0.282. The monoisotopic (exact) mass is 341 g/mol. The smallest absolute Gasteiger partial charge is 0.224 e. The summed E-state index contributed by atoms with van der Waals surface area (Å²) in [5, 5.41) is 0. The number of pyridine rings is 1. The van der Waals surface area contributed by atoms with Crippen molar-refractivity contribution in [2.45, 2.75) is 6.92 Å². The third-order valence-electron chi connectivity index (χ3n) is 4.03. The van der Waals surface area contributed by atoms with Crippen LogP contribution in [-0.4, -0.2) is 51.2 Å². The molecule has 4 heterocycles. The molecule has 3 aromatic rings. The average molecular weight is 341 g/mol. The lowest BCUT2D eigenvalue weighted by molar-refractivity contribution is 0.122. The number of aryl methyl sites for hydroxylation is 1. The van der Waals surface area contributed by atoms with Crippen LogP contribution in [0.3, 0.4) is 0 Å². The van der Waals surface area contributed by atoms with Crippen LogP contribution in [0.15, 0.2) is 18.5 Å². The summed E-state index contributed by atoms with van der Waals surface area (Å²) >= 11 is 0. The highest BCUT2D eigenvalue weighted by atomic mass is 19.1. The summed E-state index contributed by atoms with van der Waals surface area (Å²) in [7, 11) is 0. The van der Waals surface area contributed by atoms with Crippen LogP contribution in [0.4, 0.5) is 16.2 Å². The second kappa shape index (κ2) is 6.17. The number of anilines is 2. The molecular formula is C16H16FN7O. The number of nitrogens with two attached hydrogens (primary N) is 1. The molecule has 128 valence electrons. The summed E-state index contributed by atoms with van der Waals surface area (Å²) < 4.78 is 18.8. The summed E-state index contributed by atoms with van der Waals surface area (Å²) in [6.07, 6.45) is 3.01. The van der Waals surface area contributed by atoms with Gasteiger partial charge in [0.15, 0.2) is 17.0 Å². The van der Waals surface area contributed by atoms with Gasteiger partial charge < -0.3 is 15.4 Å². The van der Waals surface area contributed by atoms with Crippen molar-refractivity contribution in [3.63, 3.8) is 0 Å². The molecule has 0 bridgehead atoms. The van der Waals surface area contributed by atoms with Crippen LogP contribution in [0.2, 0.25) is 0 Å². The van der Waals surface area contributed by atoms with Crippen molar-refractivity contribution in [2.75, 3.05) is 36.9 Å². The minimum atomic E-state index is -0.498. The van der Waals surface area contributed by atoms with Gasteiger partial charge in [-0.25, -0.2) is 15.0 Å². The number of ether oxygens (including phenoxy) is 1. The number of morpholine rings is 1. The fourth-order valence-corrected chi connectivity index (χ4v) is 2.74. The maximum atomic E-state index is 13.4. The van der Waals surface area contributed by atoms with Gasteiger partial charge in [0.2, 0.25) is 11.9 Å². The number of hydrogen-bond acceptors (Lipinski definition) is 8. The van der Waals surface area contributed by atoms with Crippen LogP contribution in [0, 0.1) is 12.9 Å². The summed E-state index contributed by atoms with van der Waals surface area (Å²) in [6, 6.07) is 1.69. The van der Waals surface area contributed by atoms with Gasteiger partial charge in [-0.3, -0.25) is 0 Å². The SMILES string of the molecule is Cc1cc(-c2cnc3nc(N)nc(N4CCOCC4)c3n2)cnc1F. The molecule has 9 heteroatoms. The van der Waals surface area contributed by atoms with Crippen molar-refractivity contribution in [3.8, 4) is 11.3 Å². The summed E-state index contributed by atoms with van der Waals surface area (Å²) in [5.41, 5.74) is 8.49. The molecule has 0 radical (unpaired) electrons. The summed E-state index contributed by atoms with van der Waals surface area (Å²) in [4.78, 5) is 23.3. The van der Waals surface area contributed by atoms with E-state index >= 15 is 0 Å². The van der Waals surface area contributed by atoms with Gasteiger partial charge in [0.1, 0.15) is 0 Å². The van der Waals surface area contributed by atoms with E-state index in [-0.39, 0.29) is 5.95 Å². The highest BCUT2D eigenvalue weighted by molar-refractivity contribution is 5.85. The van der Waals surface area contributed by atoms with Gasteiger partial charge in [-0.15, -0.1) is 0 Å². The van der Waals surface area contributed by atoms with Gasteiger partial charge in [-0.2, -0.15) is 14.4 Å². The quantitative estimate of drug-likeness (QED) is 0.697. The van der Waals surface area contributed by atoms with Crippen molar-refractivity contribution < 1.29 is 9.13 Å².